The summed E-state index contributed by atoms with van der Waals surface area (Å²) in [4.78, 5) is 17.0. The van der Waals surface area contributed by atoms with E-state index in [1.165, 1.54) is 5.56 Å². The molecule has 4 rings (SSSR count). The molecule has 1 aliphatic heterocycles. The van der Waals surface area contributed by atoms with Crippen LogP contribution in [0.1, 0.15) is 21.5 Å². The van der Waals surface area contributed by atoms with E-state index in [2.05, 4.69) is 36.2 Å². The van der Waals surface area contributed by atoms with Crippen molar-refractivity contribution in [3.63, 3.8) is 0 Å². The number of aromatic nitrogens is 1. The number of pyridine rings is 1. The molecule has 6 heteroatoms. The number of ether oxygens (including phenoxy) is 2. The van der Waals surface area contributed by atoms with E-state index in [1.807, 2.05) is 22.9 Å². The zero-order valence-electron chi connectivity index (χ0n) is 14.7. The number of amides is 1. The average molecular weight is 381 g/mol. The van der Waals surface area contributed by atoms with Crippen LogP contribution in [0, 0.1) is 6.92 Å². The largest absolute Gasteiger partial charge is 0.454 e. The normalized spacial score (nSPS) is 13.0. The van der Waals surface area contributed by atoms with Gasteiger partial charge in [0.05, 0.1) is 5.02 Å². The molecule has 5 nitrogen and oxygen atoms in total. The molecular weight excluding hydrogens is 364 g/mol. The number of hydrogen-bond donors (Lipinski definition) is 0. The maximum Gasteiger partial charge on any atom is 0.279 e. The third-order valence-electron chi connectivity index (χ3n) is 4.28. The fourth-order valence-corrected chi connectivity index (χ4v) is 3.12. The summed E-state index contributed by atoms with van der Waals surface area (Å²) in [5.74, 6) is 0.531. The van der Waals surface area contributed by atoms with Crippen LogP contribution >= 0.6 is 11.6 Å². The van der Waals surface area contributed by atoms with Gasteiger partial charge in [0.2, 0.25) is 6.79 Å². The minimum Gasteiger partial charge on any atom is -0.454 e. The summed E-state index contributed by atoms with van der Waals surface area (Å²) in [5, 5.41) is 0.337. The first kappa shape index (κ1) is 17.4. The summed E-state index contributed by atoms with van der Waals surface area (Å²) in [6.45, 7) is 2.77. The molecular formula is C21H17ClN2O3. The molecule has 0 radical (unpaired) electrons. The smallest absolute Gasteiger partial charge is 0.279 e. The fraction of sp³-hybridized carbons (Fsp3) is 0.143. The summed E-state index contributed by atoms with van der Waals surface area (Å²) in [6.07, 6.45) is 1.90. The molecule has 0 unspecified atom stereocenters. The second kappa shape index (κ2) is 7.29. The predicted octanol–water partition coefficient (Wildman–Crippen LogP) is 3.97. The van der Waals surface area contributed by atoms with Crippen molar-refractivity contribution in [2.75, 3.05) is 6.79 Å². The molecule has 2 aromatic carbocycles. The first-order valence-corrected chi connectivity index (χ1v) is 8.87. The van der Waals surface area contributed by atoms with Gasteiger partial charge in [0.1, 0.15) is 5.49 Å². The highest BCUT2D eigenvalue weighted by Gasteiger charge is 2.20. The Morgan fingerprint density at radius 3 is 2.78 bits per heavy atom. The van der Waals surface area contributed by atoms with Crippen molar-refractivity contribution in [1.82, 2.24) is 4.57 Å². The molecule has 1 aromatic heterocycles. The van der Waals surface area contributed by atoms with E-state index in [1.54, 1.807) is 18.2 Å². The average Bonchev–Trinajstić information content (AvgIpc) is 3.14. The van der Waals surface area contributed by atoms with Crippen LogP contribution in [0.3, 0.4) is 0 Å². The molecule has 2 heterocycles. The highest BCUT2D eigenvalue weighted by atomic mass is 35.5. The number of fused-ring (bicyclic) bond motifs is 1. The highest BCUT2D eigenvalue weighted by Crippen LogP contribution is 2.39. The second-order valence-electron chi connectivity index (χ2n) is 6.28. The molecule has 0 bridgehead atoms. The SMILES string of the molecule is Cc1ccc(Cn2ccccc2=NC(=O)c2cc(Cl)c3c(c2)OCO3)cc1. The Balaban J connectivity index is 1.67. The Labute approximate surface area is 161 Å². The number of rotatable bonds is 3. The number of carbonyl (C=O) groups excluding carboxylic acids is 1. The summed E-state index contributed by atoms with van der Waals surface area (Å²) in [7, 11) is 0. The lowest BCUT2D eigenvalue weighted by molar-refractivity contribution is 0.0996. The van der Waals surface area contributed by atoms with Crippen molar-refractivity contribution in [2.24, 2.45) is 4.99 Å². The summed E-state index contributed by atoms with van der Waals surface area (Å²) < 4.78 is 12.5. The van der Waals surface area contributed by atoms with Crippen LogP contribution in [0.2, 0.25) is 5.02 Å². The maximum absolute atomic E-state index is 12.7. The van der Waals surface area contributed by atoms with Gasteiger partial charge in [-0.2, -0.15) is 4.99 Å². The van der Waals surface area contributed by atoms with Gasteiger partial charge < -0.3 is 14.0 Å². The van der Waals surface area contributed by atoms with Crippen LogP contribution in [-0.4, -0.2) is 17.3 Å². The summed E-state index contributed by atoms with van der Waals surface area (Å²) in [6, 6.07) is 17.0. The zero-order valence-corrected chi connectivity index (χ0v) is 15.4. The van der Waals surface area contributed by atoms with E-state index in [9.17, 15) is 4.79 Å². The van der Waals surface area contributed by atoms with Gasteiger partial charge in [-0.1, -0.05) is 47.5 Å². The first-order valence-electron chi connectivity index (χ1n) is 8.49. The van der Waals surface area contributed by atoms with Crippen LogP contribution in [-0.2, 0) is 6.54 Å². The van der Waals surface area contributed by atoms with Crippen molar-refractivity contribution >= 4 is 17.5 Å². The van der Waals surface area contributed by atoms with Gasteiger partial charge in [-0.25, -0.2) is 0 Å². The lowest BCUT2D eigenvalue weighted by Crippen LogP contribution is -2.22. The molecule has 3 aromatic rings. The zero-order chi connectivity index (χ0) is 18.8. The topological polar surface area (TPSA) is 52.8 Å². The lowest BCUT2D eigenvalue weighted by Gasteiger charge is -2.08. The number of nitrogens with zero attached hydrogens (tertiary/aromatic N) is 2. The minimum atomic E-state index is -0.390. The van der Waals surface area contributed by atoms with Gasteiger partial charge in [-0.3, -0.25) is 4.79 Å². The second-order valence-corrected chi connectivity index (χ2v) is 6.69. The quantitative estimate of drug-likeness (QED) is 0.691. The van der Waals surface area contributed by atoms with Crippen LogP contribution in [0.4, 0.5) is 0 Å². The predicted molar refractivity (Wildman–Crippen MR) is 102 cm³/mol. The Hall–Kier alpha value is -3.05. The Kier molecular flexibility index (Phi) is 4.69. The van der Waals surface area contributed by atoms with E-state index < -0.39 is 0 Å². The molecule has 0 saturated heterocycles. The minimum absolute atomic E-state index is 0.0963. The van der Waals surface area contributed by atoms with Crippen LogP contribution in [0.25, 0.3) is 0 Å². The third kappa shape index (κ3) is 3.73. The van der Waals surface area contributed by atoms with Crippen molar-refractivity contribution in [3.8, 4) is 11.5 Å². The number of halogens is 1. The monoisotopic (exact) mass is 380 g/mol. The van der Waals surface area contributed by atoms with E-state index >= 15 is 0 Å². The Bertz CT molecular complexity index is 1070. The summed E-state index contributed by atoms with van der Waals surface area (Å²) >= 11 is 6.17. The van der Waals surface area contributed by atoms with Crippen LogP contribution in [0.15, 0.2) is 65.8 Å². The lowest BCUT2D eigenvalue weighted by atomic mass is 10.1. The van der Waals surface area contributed by atoms with E-state index in [-0.39, 0.29) is 12.7 Å². The van der Waals surface area contributed by atoms with Crippen molar-refractivity contribution in [3.05, 3.63) is 88.0 Å². The number of carbonyl (C=O) groups is 1. The molecule has 0 atom stereocenters. The molecule has 27 heavy (non-hydrogen) atoms. The standard InChI is InChI=1S/C21H17ClN2O3/c1-14-5-7-15(8-6-14)12-24-9-3-2-4-19(24)23-21(25)16-10-17(22)20-18(11-16)26-13-27-20/h2-11H,12-13H2,1H3. The van der Waals surface area contributed by atoms with Gasteiger partial charge in [0, 0.05) is 18.3 Å². The summed E-state index contributed by atoms with van der Waals surface area (Å²) in [5.41, 5.74) is 3.26. The number of aryl methyl sites for hydroxylation is 1. The number of hydrogen-bond acceptors (Lipinski definition) is 3. The van der Waals surface area contributed by atoms with E-state index in [0.717, 1.165) is 5.56 Å². The van der Waals surface area contributed by atoms with E-state index in [0.29, 0.717) is 34.1 Å². The molecule has 0 aliphatic carbocycles. The molecule has 136 valence electrons. The van der Waals surface area contributed by atoms with Crippen molar-refractivity contribution < 1.29 is 14.3 Å². The van der Waals surface area contributed by atoms with Crippen molar-refractivity contribution in [2.45, 2.75) is 13.5 Å². The molecule has 0 N–H and O–H groups in total. The Morgan fingerprint density at radius 2 is 1.96 bits per heavy atom. The molecule has 1 amide bonds. The van der Waals surface area contributed by atoms with E-state index in [4.69, 9.17) is 21.1 Å². The third-order valence-corrected chi connectivity index (χ3v) is 4.56. The van der Waals surface area contributed by atoms with Crippen LogP contribution < -0.4 is 15.0 Å². The maximum atomic E-state index is 12.7. The van der Waals surface area contributed by atoms with Gasteiger partial charge in [-0.05, 0) is 36.8 Å². The molecule has 0 saturated carbocycles. The number of benzene rings is 2. The molecule has 1 aliphatic rings. The Morgan fingerprint density at radius 1 is 1.15 bits per heavy atom. The first-order chi connectivity index (χ1) is 13.1. The molecule has 0 spiro atoms. The van der Waals surface area contributed by atoms with Gasteiger partial charge >= 0.3 is 0 Å². The highest BCUT2D eigenvalue weighted by molar-refractivity contribution is 6.32. The van der Waals surface area contributed by atoms with Crippen molar-refractivity contribution in [1.29, 1.82) is 0 Å². The van der Waals surface area contributed by atoms with Crippen LogP contribution in [0.5, 0.6) is 11.5 Å². The van der Waals surface area contributed by atoms with Gasteiger partial charge in [0.15, 0.2) is 11.5 Å². The molecule has 0 fully saturated rings. The van der Waals surface area contributed by atoms with Gasteiger partial charge in [0.25, 0.3) is 5.91 Å². The van der Waals surface area contributed by atoms with Gasteiger partial charge in [-0.15, -0.1) is 0 Å². The fourth-order valence-electron chi connectivity index (χ4n) is 2.85.